The number of hydrogen-bond acceptors (Lipinski definition) is 4. The first-order valence-electron chi connectivity index (χ1n) is 6.33. The van der Waals surface area contributed by atoms with Crippen molar-refractivity contribution in [2.75, 3.05) is 0 Å². The van der Waals surface area contributed by atoms with Gasteiger partial charge in [0.1, 0.15) is 7.85 Å². The number of hydrogen-bond donors (Lipinski definition) is 0. The Morgan fingerprint density at radius 1 is 1.28 bits per heavy atom. The molecule has 0 saturated heterocycles. The number of rotatable bonds is 3. The molecule has 2 saturated carbocycles. The average Bonchev–Trinajstić information content (AvgIpc) is 3.30. The van der Waals surface area contributed by atoms with Crippen molar-refractivity contribution in [2.24, 2.45) is 0 Å². The topological polar surface area (TPSA) is 51.8 Å². The summed E-state index contributed by atoms with van der Waals surface area (Å²) in [6.07, 6.45) is 7.94. The minimum atomic E-state index is -0.122. The summed E-state index contributed by atoms with van der Waals surface area (Å²) in [6.45, 7) is 0. The Kier molecular flexibility index (Phi) is 1.96. The van der Waals surface area contributed by atoms with Gasteiger partial charge in [-0.2, -0.15) is 4.98 Å². The minimum Gasteiger partial charge on any atom is -0.338 e. The molecule has 2 aromatic heterocycles. The molecule has 4 nitrogen and oxygen atoms in total. The lowest BCUT2D eigenvalue weighted by molar-refractivity contribution is 0.355. The Morgan fingerprint density at radius 2 is 2.11 bits per heavy atom. The summed E-state index contributed by atoms with van der Waals surface area (Å²) in [7, 11) is 5.80. The minimum absolute atomic E-state index is 0.122. The van der Waals surface area contributed by atoms with E-state index >= 15 is 0 Å². The van der Waals surface area contributed by atoms with Crippen molar-refractivity contribution < 1.29 is 4.52 Å². The van der Waals surface area contributed by atoms with Crippen molar-refractivity contribution in [1.29, 1.82) is 0 Å². The van der Waals surface area contributed by atoms with Crippen LogP contribution in [0.5, 0.6) is 0 Å². The van der Waals surface area contributed by atoms with Crippen LogP contribution in [0.3, 0.4) is 0 Å². The summed E-state index contributed by atoms with van der Waals surface area (Å²) in [5, 5.41) is 4.09. The summed E-state index contributed by atoms with van der Waals surface area (Å²) in [4.78, 5) is 8.72. The van der Waals surface area contributed by atoms with Crippen molar-refractivity contribution in [2.45, 2.75) is 37.0 Å². The van der Waals surface area contributed by atoms with Gasteiger partial charge in [-0.3, -0.25) is 4.98 Å². The molecule has 2 aliphatic rings. The first kappa shape index (κ1) is 10.3. The lowest BCUT2D eigenvalue weighted by Crippen LogP contribution is -2.14. The molecule has 88 valence electrons. The average molecular weight is 237 g/mol. The first-order valence-corrected chi connectivity index (χ1v) is 6.33. The van der Waals surface area contributed by atoms with E-state index in [1.54, 1.807) is 6.20 Å². The highest BCUT2D eigenvalue weighted by Gasteiger charge is 2.51. The molecule has 0 aliphatic heterocycles. The smallest absolute Gasteiger partial charge is 0.237 e. The van der Waals surface area contributed by atoms with Crippen LogP contribution in [-0.4, -0.2) is 23.0 Å². The predicted octanol–water partition coefficient (Wildman–Crippen LogP) is 1.22. The van der Waals surface area contributed by atoms with E-state index in [2.05, 4.69) is 15.1 Å². The molecule has 5 heteroatoms. The molecule has 2 fully saturated rings. The van der Waals surface area contributed by atoms with E-state index in [4.69, 9.17) is 12.4 Å². The molecular weight excluding hydrogens is 225 g/mol. The van der Waals surface area contributed by atoms with E-state index in [1.807, 2.05) is 12.3 Å². The summed E-state index contributed by atoms with van der Waals surface area (Å²) in [6, 6.07) is 1.96. The zero-order valence-corrected chi connectivity index (χ0v) is 9.97. The second kappa shape index (κ2) is 3.43. The fourth-order valence-corrected chi connectivity index (χ4v) is 2.41. The van der Waals surface area contributed by atoms with Crippen LogP contribution < -0.4 is 5.46 Å². The Labute approximate surface area is 106 Å². The summed E-state index contributed by atoms with van der Waals surface area (Å²) >= 11 is 0. The van der Waals surface area contributed by atoms with E-state index < -0.39 is 0 Å². The highest BCUT2D eigenvalue weighted by Crippen LogP contribution is 2.53. The third-order valence-electron chi connectivity index (χ3n) is 3.86. The van der Waals surface area contributed by atoms with Crippen molar-refractivity contribution in [3.8, 4) is 0 Å². The third-order valence-corrected chi connectivity index (χ3v) is 3.86. The normalized spacial score (nSPS) is 20.9. The number of nitrogens with zero attached hydrogens (tertiary/aromatic N) is 3. The molecule has 18 heavy (non-hydrogen) atoms. The van der Waals surface area contributed by atoms with Crippen LogP contribution in [0, 0.1) is 0 Å². The Morgan fingerprint density at radius 3 is 2.78 bits per heavy atom. The van der Waals surface area contributed by atoms with Crippen LogP contribution in [0.4, 0.5) is 0 Å². The molecule has 0 atom stereocenters. The summed E-state index contributed by atoms with van der Waals surface area (Å²) in [5.74, 6) is 2.13. The summed E-state index contributed by atoms with van der Waals surface area (Å²) in [5.41, 5.74) is 1.65. The van der Waals surface area contributed by atoms with E-state index in [0.717, 1.165) is 30.1 Å². The predicted molar refractivity (Wildman–Crippen MR) is 65.9 cm³/mol. The van der Waals surface area contributed by atoms with Gasteiger partial charge in [-0.1, -0.05) is 16.7 Å². The SMILES string of the molecule is [B]c1cncc(C2(c3nc(C4CC4)no3)CC2)c1. The zero-order valence-electron chi connectivity index (χ0n) is 9.97. The van der Waals surface area contributed by atoms with E-state index in [-0.39, 0.29) is 5.41 Å². The van der Waals surface area contributed by atoms with E-state index in [1.165, 1.54) is 12.8 Å². The van der Waals surface area contributed by atoms with Crippen LogP contribution in [-0.2, 0) is 5.41 Å². The van der Waals surface area contributed by atoms with Crippen molar-refractivity contribution in [3.63, 3.8) is 0 Å². The van der Waals surface area contributed by atoms with Crippen LogP contribution in [0.15, 0.2) is 23.0 Å². The van der Waals surface area contributed by atoms with Crippen LogP contribution in [0.2, 0.25) is 0 Å². The molecule has 0 unspecified atom stereocenters. The van der Waals surface area contributed by atoms with Gasteiger partial charge in [0.25, 0.3) is 0 Å². The van der Waals surface area contributed by atoms with Crippen molar-refractivity contribution >= 4 is 13.3 Å². The molecule has 2 heterocycles. The fourth-order valence-electron chi connectivity index (χ4n) is 2.41. The van der Waals surface area contributed by atoms with Crippen LogP contribution in [0.1, 0.15) is 48.9 Å². The highest BCUT2D eigenvalue weighted by atomic mass is 16.5. The summed E-state index contributed by atoms with van der Waals surface area (Å²) < 4.78 is 5.46. The Bertz CT molecular complexity index is 602. The molecule has 2 aliphatic carbocycles. The Balaban J connectivity index is 1.73. The van der Waals surface area contributed by atoms with Crippen molar-refractivity contribution in [3.05, 3.63) is 35.7 Å². The molecular formula is C13H12BN3O. The quantitative estimate of drug-likeness (QED) is 0.753. The molecule has 0 amide bonds. The van der Waals surface area contributed by atoms with Crippen LogP contribution in [0.25, 0.3) is 0 Å². The molecule has 2 radical (unpaired) electrons. The molecule has 0 N–H and O–H groups in total. The van der Waals surface area contributed by atoms with Crippen LogP contribution >= 0.6 is 0 Å². The van der Waals surface area contributed by atoms with Gasteiger partial charge in [-0.05, 0) is 31.2 Å². The van der Waals surface area contributed by atoms with Gasteiger partial charge in [0, 0.05) is 18.3 Å². The molecule has 2 aromatic rings. The second-order valence-electron chi connectivity index (χ2n) is 5.32. The second-order valence-corrected chi connectivity index (χ2v) is 5.32. The number of pyridine rings is 1. The van der Waals surface area contributed by atoms with Gasteiger partial charge in [-0.15, -0.1) is 0 Å². The standard InChI is InChI=1S/C13H12BN3O/c14-10-5-9(6-15-7-10)13(3-4-13)12-16-11(17-18-12)8-1-2-8/h5-8H,1-4H2. The number of aromatic nitrogens is 3. The van der Waals surface area contributed by atoms with Gasteiger partial charge in [0.15, 0.2) is 5.82 Å². The van der Waals surface area contributed by atoms with Gasteiger partial charge < -0.3 is 4.52 Å². The largest absolute Gasteiger partial charge is 0.338 e. The fraction of sp³-hybridized carbons (Fsp3) is 0.462. The highest BCUT2D eigenvalue weighted by molar-refractivity contribution is 6.32. The van der Waals surface area contributed by atoms with E-state index in [0.29, 0.717) is 11.4 Å². The maximum atomic E-state index is 5.80. The maximum Gasteiger partial charge on any atom is 0.237 e. The molecule has 0 bridgehead atoms. The molecule has 0 aromatic carbocycles. The van der Waals surface area contributed by atoms with Gasteiger partial charge in [0.05, 0.1) is 5.41 Å². The van der Waals surface area contributed by atoms with Crippen molar-refractivity contribution in [1.82, 2.24) is 15.1 Å². The van der Waals surface area contributed by atoms with E-state index in [9.17, 15) is 0 Å². The van der Waals surface area contributed by atoms with Gasteiger partial charge >= 0.3 is 0 Å². The zero-order chi connectivity index (χ0) is 12.2. The monoisotopic (exact) mass is 237 g/mol. The molecule has 0 spiro atoms. The maximum absolute atomic E-state index is 5.80. The van der Waals surface area contributed by atoms with Gasteiger partial charge in [0.2, 0.25) is 5.89 Å². The lowest BCUT2D eigenvalue weighted by atomic mass is 9.91. The Hall–Kier alpha value is -1.65. The first-order chi connectivity index (χ1) is 8.78. The van der Waals surface area contributed by atoms with Gasteiger partial charge in [-0.25, -0.2) is 0 Å². The lowest BCUT2D eigenvalue weighted by Gasteiger charge is -2.10. The molecule has 4 rings (SSSR count). The third kappa shape index (κ3) is 1.50.